The minimum atomic E-state index is 0.220. The van der Waals surface area contributed by atoms with Gasteiger partial charge in [-0.15, -0.1) is 0 Å². The zero-order chi connectivity index (χ0) is 12.1. The summed E-state index contributed by atoms with van der Waals surface area (Å²) < 4.78 is 1.83. The normalized spacial score (nSPS) is 12.6. The molecule has 3 nitrogen and oxygen atoms in total. The smallest absolute Gasteiger partial charge is 0.0521 e. The molecule has 0 spiro atoms. The first-order chi connectivity index (χ1) is 8.24. The second-order valence-electron chi connectivity index (χ2n) is 4.51. The maximum atomic E-state index is 6.13. The summed E-state index contributed by atoms with van der Waals surface area (Å²) in [5, 5.41) is 4.15. The van der Waals surface area contributed by atoms with Gasteiger partial charge in [-0.25, -0.2) is 0 Å². The summed E-state index contributed by atoms with van der Waals surface area (Å²) in [5.41, 5.74) is 8.70. The van der Waals surface area contributed by atoms with Crippen molar-refractivity contribution < 1.29 is 0 Å². The van der Waals surface area contributed by atoms with Crippen LogP contribution in [0.1, 0.15) is 17.5 Å². The molecule has 0 saturated heterocycles. The van der Waals surface area contributed by atoms with E-state index in [4.69, 9.17) is 5.73 Å². The number of nitrogens with zero attached hydrogens (tertiary/aromatic N) is 2. The number of benzene rings is 1. The van der Waals surface area contributed by atoms with Crippen molar-refractivity contribution in [2.45, 2.75) is 25.3 Å². The molecule has 0 aliphatic carbocycles. The van der Waals surface area contributed by atoms with Crippen LogP contribution in [-0.4, -0.2) is 15.8 Å². The highest BCUT2D eigenvalue weighted by Crippen LogP contribution is 2.07. The summed E-state index contributed by atoms with van der Waals surface area (Å²) in [5.74, 6) is 0. The van der Waals surface area contributed by atoms with E-state index in [1.807, 2.05) is 24.0 Å². The lowest BCUT2D eigenvalue weighted by Gasteiger charge is -2.10. The van der Waals surface area contributed by atoms with Gasteiger partial charge in [0.05, 0.1) is 6.20 Å². The van der Waals surface area contributed by atoms with E-state index in [1.54, 1.807) is 0 Å². The van der Waals surface area contributed by atoms with E-state index < -0.39 is 0 Å². The highest BCUT2D eigenvalue weighted by molar-refractivity contribution is 5.16. The standard InChI is InChI=1S/C14H19N3/c1-17-11-13(10-16-17)7-8-14(15)9-12-5-3-2-4-6-12/h2-6,10-11,14H,7-9,15H2,1H3. The van der Waals surface area contributed by atoms with E-state index in [9.17, 15) is 0 Å². The Kier molecular flexibility index (Phi) is 3.94. The molecule has 0 fully saturated rings. The van der Waals surface area contributed by atoms with Crippen LogP contribution >= 0.6 is 0 Å². The van der Waals surface area contributed by atoms with Crippen LogP contribution in [0.3, 0.4) is 0 Å². The van der Waals surface area contributed by atoms with Gasteiger partial charge in [-0.2, -0.15) is 5.10 Å². The van der Waals surface area contributed by atoms with E-state index in [0.717, 1.165) is 19.3 Å². The molecule has 1 aromatic carbocycles. The molecule has 0 aliphatic rings. The molecule has 3 heteroatoms. The fourth-order valence-electron chi connectivity index (χ4n) is 1.97. The molecule has 0 bridgehead atoms. The molecule has 17 heavy (non-hydrogen) atoms. The first-order valence-corrected chi connectivity index (χ1v) is 6.01. The molecule has 0 aliphatic heterocycles. The van der Waals surface area contributed by atoms with Gasteiger partial charge in [-0.3, -0.25) is 4.68 Å². The Morgan fingerprint density at radius 3 is 2.65 bits per heavy atom. The van der Waals surface area contributed by atoms with Crippen LogP contribution < -0.4 is 5.73 Å². The topological polar surface area (TPSA) is 43.8 Å². The second kappa shape index (κ2) is 5.64. The van der Waals surface area contributed by atoms with Gasteiger partial charge < -0.3 is 5.73 Å². The van der Waals surface area contributed by atoms with Crippen molar-refractivity contribution in [1.29, 1.82) is 0 Å². The summed E-state index contributed by atoms with van der Waals surface area (Å²) in [6, 6.07) is 10.6. The highest BCUT2D eigenvalue weighted by Gasteiger charge is 2.05. The quantitative estimate of drug-likeness (QED) is 0.851. The fourth-order valence-corrected chi connectivity index (χ4v) is 1.97. The Balaban J connectivity index is 1.80. The molecule has 1 unspecified atom stereocenters. The molecular weight excluding hydrogens is 210 g/mol. The molecule has 1 atom stereocenters. The van der Waals surface area contributed by atoms with Crippen molar-refractivity contribution in [1.82, 2.24) is 9.78 Å². The number of rotatable bonds is 5. The van der Waals surface area contributed by atoms with Crippen molar-refractivity contribution in [3.05, 3.63) is 53.9 Å². The van der Waals surface area contributed by atoms with E-state index >= 15 is 0 Å². The maximum absolute atomic E-state index is 6.13. The molecule has 2 rings (SSSR count). The largest absolute Gasteiger partial charge is 0.327 e. The van der Waals surface area contributed by atoms with Crippen LogP contribution in [0.4, 0.5) is 0 Å². The molecule has 2 N–H and O–H groups in total. The van der Waals surface area contributed by atoms with Crippen molar-refractivity contribution >= 4 is 0 Å². The lowest BCUT2D eigenvalue weighted by molar-refractivity contribution is 0.610. The third-order valence-corrected chi connectivity index (χ3v) is 2.90. The molecule has 0 saturated carbocycles. The second-order valence-corrected chi connectivity index (χ2v) is 4.51. The van der Waals surface area contributed by atoms with Gasteiger partial charge in [0.15, 0.2) is 0 Å². The molecule has 0 amide bonds. The number of hydrogen-bond acceptors (Lipinski definition) is 2. The van der Waals surface area contributed by atoms with Crippen LogP contribution in [0.15, 0.2) is 42.7 Å². The van der Waals surface area contributed by atoms with Crippen LogP contribution in [0.5, 0.6) is 0 Å². The Bertz CT molecular complexity index is 448. The minimum Gasteiger partial charge on any atom is -0.327 e. The monoisotopic (exact) mass is 229 g/mol. The molecule has 2 aromatic rings. The Hall–Kier alpha value is -1.61. The van der Waals surface area contributed by atoms with Gasteiger partial charge in [0, 0.05) is 19.3 Å². The molecular formula is C14H19N3. The van der Waals surface area contributed by atoms with Gasteiger partial charge in [-0.05, 0) is 30.4 Å². The highest BCUT2D eigenvalue weighted by atomic mass is 15.2. The average molecular weight is 229 g/mol. The van der Waals surface area contributed by atoms with E-state index in [0.29, 0.717) is 0 Å². The van der Waals surface area contributed by atoms with Crippen LogP contribution in [-0.2, 0) is 19.9 Å². The van der Waals surface area contributed by atoms with E-state index in [-0.39, 0.29) is 6.04 Å². The Labute approximate surface area is 102 Å². The third-order valence-electron chi connectivity index (χ3n) is 2.90. The first-order valence-electron chi connectivity index (χ1n) is 6.01. The number of aromatic nitrogens is 2. The Morgan fingerprint density at radius 1 is 1.24 bits per heavy atom. The van der Waals surface area contributed by atoms with Gasteiger partial charge in [0.25, 0.3) is 0 Å². The number of aryl methyl sites for hydroxylation is 2. The van der Waals surface area contributed by atoms with Crippen LogP contribution in [0.2, 0.25) is 0 Å². The summed E-state index contributed by atoms with van der Waals surface area (Å²) in [7, 11) is 1.94. The summed E-state index contributed by atoms with van der Waals surface area (Å²) in [4.78, 5) is 0. The fraction of sp³-hybridized carbons (Fsp3) is 0.357. The van der Waals surface area contributed by atoms with Crippen molar-refractivity contribution in [3.8, 4) is 0 Å². The van der Waals surface area contributed by atoms with E-state index in [1.165, 1.54) is 11.1 Å². The van der Waals surface area contributed by atoms with Crippen LogP contribution in [0, 0.1) is 0 Å². The lowest BCUT2D eigenvalue weighted by atomic mass is 10.0. The van der Waals surface area contributed by atoms with Gasteiger partial charge in [0.2, 0.25) is 0 Å². The minimum absolute atomic E-state index is 0.220. The first kappa shape index (κ1) is 11.9. The summed E-state index contributed by atoms with van der Waals surface area (Å²) >= 11 is 0. The van der Waals surface area contributed by atoms with Crippen LogP contribution in [0.25, 0.3) is 0 Å². The summed E-state index contributed by atoms with van der Waals surface area (Å²) in [6.45, 7) is 0. The van der Waals surface area contributed by atoms with Crippen molar-refractivity contribution in [2.75, 3.05) is 0 Å². The molecule has 1 heterocycles. The van der Waals surface area contributed by atoms with Crippen molar-refractivity contribution in [2.24, 2.45) is 12.8 Å². The van der Waals surface area contributed by atoms with Gasteiger partial charge in [0.1, 0.15) is 0 Å². The maximum Gasteiger partial charge on any atom is 0.0521 e. The zero-order valence-electron chi connectivity index (χ0n) is 10.2. The SMILES string of the molecule is Cn1cc(CCC(N)Cc2ccccc2)cn1. The third kappa shape index (κ3) is 3.71. The lowest BCUT2D eigenvalue weighted by Crippen LogP contribution is -2.23. The van der Waals surface area contributed by atoms with Crippen molar-refractivity contribution in [3.63, 3.8) is 0 Å². The molecule has 90 valence electrons. The predicted octanol–water partition coefficient (Wildman–Crippen LogP) is 1.92. The zero-order valence-corrected chi connectivity index (χ0v) is 10.2. The molecule has 1 aromatic heterocycles. The summed E-state index contributed by atoms with van der Waals surface area (Å²) in [6.07, 6.45) is 6.91. The average Bonchev–Trinajstić information content (AvgIpc) is 2.74. The molecule has 0 radical (unpaired) electrons. The van der Waals surface area contributed by atoms with E-state index in [2.05, 4.69) is 35.6 Å². The predicted molar refractivity (Wildman–Crippen MR) is 69.7 cm³/mol. The number of hydrogen-bond donors (Lipinski definition) is 1. The van der Waals surface area contributed by atoms with Gasteiger partial charge >= 0.3 is 0 Å². The Morgan fingerprint density at radius 2 is 2.00 bits per heavy atom. The number of nitrogens with two attached hydrogens (primary N) is 1. The van der Waals surface area contributed by atoms with Gasteiger partial charge in [-0.1, -0.05) is 30.3 Å².